The average molecular weight is 455 g/mol. The zero-order valence-electron chi connectivity index (χ0n) is 22.7. The molecule has 0 saturated heterocycles. The van der Waals surface area contributed by atoms with Gasteiger partial charge in [-0.1, -0.05) is 101 Å². The van der Waals surface area contributed by atoms with Gasteiger partial charge in [-0.15, -0.1) is 0 Å². The fourth-order valence-electron chi connectivity index (χ4n) is 6.12. The van der Waals surface area contributed by atoms with E-state index in [0.29, 0.717) is 5.92 Å². The molecule has 0 spiro atoms. The third-order valence-electron chi connectivity index (χ3n) is 8.43. The summed E-state index contributed by atoms with van der Waals surface area (Å²) in [6.45, 7) is 19.0. The SMILES string of the molecule is CCCCCc1cc(CCCCC)c(OC)c([Si](CC)(CC)C2=C(C)C(C)=C(C)C2C)c1. The summed E-state index contributed by atoms with van der Waals surface area (Å²) < 4.78 is 6.28. The quantitative estimate of drug-likeness (QED) is 0.214. The Hall–Kier alpha value is -1.28. The Morgan fingerprint density at radius 1 is 0.812 bits per heavy atom. The van der Waals surface area contributed by atoms with Crippen LogP contribution in [0.2, 0.25) is 12.1 Å². The predicted octanol–water partition coefficient (Wildman–Crippen LogP) is 8.70. The number of allylic oxidation sites excluding steroid dienone is 4. The van der Waals surface area contributed by atoms with Crippen LogP contribution >= 0.6 is 0 Å². The van der Waals surface area contributed by atoms with Gasteiger partial charge >= 0.3 is 0 Å². The summed E-state index contributed by atoms with van der Waals surface area (Å²) in [7, 11) is 0.00750. The molecular formula is C30H50OSi. The van der Waals surface area contributed by atoms with Gasteiger partial charge in [0.25, 0.3) is 0 Å². The second-order valence-electron chi connectivity index (χ2n) is 10.1. The highest BCUT2D eigenvalue weighted by atomic mass is 28.3. The van der Waals surface area contributed by atoms with Crippen molar-refractivity contribution in [3.05, 3.63) is 45.2 Å². The molecule has 0 heterocycles. The molecular weight excluding hydrogens is 404 g/mol. The van der Waals surface area contributed by atoms with Gasteiger partial charge < -0.3 is 4.74 Å². The monoisotopic (exact) mass is 454 g/mol. The van der Waals surface area contributed by atoms with Gasteiger partial charge in [0.15, 0.2) is 0 Å². The van der Waals surface area contributed by atoms with E-state index in [9.17, 15) is 0 Å². The van der Waals surface area contributed by atoms with Gasteiger partial charge in [-0.3, -0.25) is 0 Å². The maximum Gasteiger partial charge on any atom is 0.121 e. The summed E-state index contributed by atoms with van der Waals surface area (Å²) in [5, 5.41) is 3.37. The van der Waals surface area contributed by atoms with E-state index in [0.717, 1.165) is 6.42 Å². The third-order valence-corrected chi connectivity index (χ3v) is 14.1. The zero-order valence-corrected chi connectivity index (χ0v) is 23.7. The van der Waals surface area contributed by atoms with Crippen molar-refractivity contribution >= 4 is 13.3 Å². The molecule has 1 nitrogen and oxygen atoms in total. The molecule has 1 aliphatic rings. The molecule has 180 valence electrons. The van der Waals surface area contributed by atoms with Crippen molar-refractivity contribution in [1.82, 2.24) is 0 Å². The lowest BCUT2D eigenvalue weighted by Crippen LogP contribution is -2.51. The van der Waals surface area contributed by atoms with Crippen LogP contribution in [0.3, 0.4) is 0 Å². The topological polar surface area (TPSA) is 9.23 Å². The summed E-state index contributed by atoms with van der Waals surface area (Å²) >= 11 is 0. The molecule has 1 aromatic rings. The fraction of sp³-hybridized carbons (Fsp3) is 0.667. The molecule has 0 aliphatic heterocycles. The first kappa shape index (κ1) is 27.0. The normalized spacial score (nSPS) is 17.0. The standard InChI is InChI=1S/C30H50OSi/c1-10-14-16-18-26-20-27(19-17-15-11-2)29(31-9)28(21-26)32(12-3,13-4)30-24(7)22(5)23(6)25(30)8/h20-21,24H,10-19H2,1-9H3. The van der Waals surface area contributed by atoms with Crippen LogP contribution in [0.1, 0.15) is 105 Å². The lowest BCUT2D eigenvalue weighted by molar-refractivity contribution is 0.411. The van der Waals surface area contributed by atoms with E-state index < -0.39 is 8.07 Å². The Bertz CT molecular complexity index is 825. The van der Waals surface area contributed by atoms with Gasteiger partial charge in [-0.05, 0) is 74.3 Å². The van der Waals surface area contributed by atoms with Crippen LogP contribution in [0.25, 0.3) is 0 Å². The van der Waals surface area contributed by atoms with Gasteiger partial charge in [0, 0.05) is 0 Å². The molecule has 0 saturated carbocycles. The van der Waals surface area contributed by atoms with Crippen LogP contribution in [0.5, 0.6) is 5.75 Å². The highest BCUT2D eigenvalue weighted by Crippen LogP contribution is 2.45. The maximum absolute atomic E-state index is 6.28. The predicted molar refractivity (Wildman–Crippen MR) is 146 cm³/mol. The first-order valence-corrected chi connectivity index (χ1v) is 15.8. The Morgan fingerprint density at radius 3 is 1.88 bits per heavy atom. The van der Waals surface area contributed by atoms with E-state index in [2.05, 4.69) is 67.5 Å². The minimum atomic E-state index is -1.91. The van der Waals surface area contributed by atoms with Crippen molar-refractivity contribution in [3.8, 4) is 5.75 Å². The Morgan fingerprint density at radius 2 is 1.41 bits per heavy atom. The zero-order chi connectivity index (χ0) is 23.9. The van der Waals surface area contributed by atoms with Gasteiger partial charge in [-0.2, -0.15) is 0 Å². The van der Waals surface area contributed by atoms with E-state index in [1.54, 1.807) is 27.1 Å². The molecule has 0 radical (unpaired) electrons. The number of rotatable bonds is 13. The lowest BCUT2D eigenvalue weighted by atomic mass is 10.00. The first-order chi connectivity index (χ1) is 15.3. The van der Waals surface area contributed by atoms with Crippen molar-refractivity contribution in [2.45, 2.75) is 119 Å². The van der Waals surface area contributed by atoms with E-state index >= 15 is 0 Å². The largest absolute Gasteiger partial charge is 0.497 e. The molecule has 0 aromatic heterocycles. The van der Waals surface area contributed by atoms with Crippen molar-refractivity contribution in [2.24, 2.45) is 5.92 Å². The van der Waals surface area contributed by atoms with Gasteiger partial charge in [0.1, 0.15) is 13.8 Å². The highest BCUT2D eigenvalue weighted by Gasteiger charge is 2.44. The molecule has 1 unspecified atom stereocenters. The molecule has 0 fully saturated rings. The minimum Gasteiger partial charge on any atom is -0.497 e. The molecule has 1 atom stereocenters. The van der Waals surface area contributed by atoms with Crippen LogP contribution in [0.15, 0.2) is 34.0 Å². The number of unbranched alkanes of at least 4 members (excludes halogenated alkanes) is 4. The van der Waals surface area contributed by atoms with Crippen LogP contribution in [0.4, 0.5) is 0 Å². The summed E-state index contributed by atoms with van der Waals surface area (Å²) in [5.74, 6) is 1.80. The first-order valence-electron chi connectivity index (χ1n) is 13.4. The Labute approximate surface area is 200 Å². The molecule has 1 aliphatic carbocycles. The van der Waals surface area contributed by atoms with Crippen LogP contribution in [-0.4, -0.2) is 15.2 Å². The minimum absolute atomic E-state index is 0.568. The number of ether oxygens (including phenoxy) is 1. The van der Waals surface area contributed by atoms with E-state index in [1.165, 1.54) is 73.9 Å². The molecule has 1 aromatic carbocycles. The van der Waals surface area contributed by atoms with E-state index in [-0.39, 0.29) is 0 Å². The van der Waals surface area contributed by atoms with Crippen molar-refractivity contribution in [2.75, 3.05) is 7.11 Å². The van der Waals surface area contributed by atoms with Gasteiger partial charge in [0.05, 0.1) is 7.11 Å². The molecule has 0 N–H and O–H groups in total. The number of benzene rings is 1. The number of hydrogen-bond acceptors (Lipinski definition) is 1. The highest BCUT2D eigenvalue weighted by molar-refractivity contribution is 6.98. The fourth-order valence-corrected chi connectivity index (χ4v) is 11.5. The summed E-state index contributed by atoms with van der Waals surface area (Å²) in [4.78, 5) is 0. The molecule has 32 heavy (non-hydrogen) atoms. The molecule has 0 bridgehead atoms. The number of aryl methyl sites for hydroxylation is 2. The summed E-state index contributed by atoms with van der Waals surface area (Å²) in [5.41, 5.74) is 7.71. The van der Waals surface area contributed by atoms with Gasteiger partial charge in [-0.25, -0.2) is 0 Å². The van der Waals surface area contributed by atoms with Crippen LogP contribution in [0, 0.1) is 5.92 Å². The third kappa shape index (κ3) is 5.27. The van der Waals surface area contributed by atoms with Gasteiger partial charge in [0.2, 0.25) is 0 Å². The summed E-state index contributed by atoms with van der Waals surface area (Å²) in [6.07, 6.45) is 10.1. The Balaban J connectivity index is 2.71. The molecule has 0 amide bonds. The summed E-state index contributed by atoms with van der Waals surface area (Å²) in [6, 6.07) is 7.59. The number of hydrogen-bond donors (Lipinski definition) is 0. The maximum atomic E-state index is 6.28. The number of methoxy groups -OCH3 is 1. The second-order valence-corrected chi connectivity index (χ2v) is 14.8. The van der Waals surface area contributed by atoms with Crippen molar-refractivity contribution < 1.29 is 4.74 Å². The van der Waals surface area contributed by atoms with E-state index in [4.69, 9.17) is 4.74 Å². The second kappa shape index (κ2) is 12.3. The smallest absolute Gasteiger partial charge is 0.121 e. The van der Waals surface area contributed by atoms with E-state index in [1.807, 2.05) is 7.11 Å². The lowest BCUT2D eigenvalue weighted by Gasteiger charge is -2.37. The van der Waals surface area contributed by atoms with Crippen molar-refractivity contribution in [1.29, 1.82) is 0 Å². The van der Waals surface area contributed by atoms with Crippen molar-refractivity contribution in [3.63, 3.8) is 0 Å². The Kier molecular flexibility index (Phi) is 10.3. The van der Waals surface area contributed by atoms with Crippen LogP contribution in [-0.2, 0) is 12.8 Å². The molecule has 2 rings (SSSR count). The average Bonchev–Trinajstić information content (AvgIpc) is 2.99. The van der Waals surface area contributed by atoms with Crippen LogP contribution < -0.4 is 9.92 Å². The molecule has 2 heteroatoms.